The number of sulfonamides is 1. The minimum atomic E-state index is -3.61. The quantitative estimate of drug-likeness (QED) is 0.910. The summed E-state index contributed by atoms with van der Waals surface area (Å²) >= 11 is 0. The van der Waals surface area contributed by atoms with Crippen LogP contribution >= 0.6 is 0 Å². The van der Waals surface area contributed by atoms with Gasteiger partial charge in [0, 0.05) is 11.6 Å². The zero-order valence-electron chi connectivity index (χ0n) is 13.0. The third-order valence-corrected chi connectivity index (χ3v) is 5.69. The van der Waals surface area contributed by atoms with E-state index >= 15 is 0 Å². The predicted octanol–water partition coefficient (Wildman–Crippen LogP) is 3.50. The van der Waals surface area contributed by atoms with Gasteiger partial charge in [-0.3, -0.25) is 0 Å². The summed E-state index contributed by atoms with van der Waals surface area (Å²) < 4.78 is 40.9. The Bertz CT molecular complexity index is 818. The summed E-state index contributed by atoms with van der Waals surface area (Å²) in [7, 11) is -3.61. The maximum atomic E-state index is 13.6. The average Bonchev–Trinajstić information content (AvgIpc) is 2.96. The molecular weight excluding hydrogens is 313 g/mol. The molecule has 0 heterocycles. The SMILES string of the molecule is CC(NS(=O)(=O)Cc1ccccc1F)c1ccc2c(c1)CCC2. The van der Waals surface area contributed by atoms with Crippen LogP contribution in [-0.2, 0) is 28.6 Å². The Kier molecular flexibility index (Phi) is 4.50. The summed E-state index contributed by atoms with van der Waals surface area (Å²) in [4.78, 5) is 0. The summed E-state index contributed by atoms with van der Waals surface area (Å²) in [6, 6.07) is 11.8. The molecule has 1 N–H and O–H groups in total. The maximum Gasteiger partial charge on any atom is 0.216 e. The van der Waals surface area contributed by atoms with Crippen molar-refractivity contribution in [2.24, 2.45) is 0 Å². The van der Waals surface area contributed by atoms with Crippen LogP contribution in [0.15, 0.2) is 42.5 Å². The van der Waals surface area contributed by atoms with Gasteiger partial charge in [0.05, 0.1) is 5.75 Å². The summed E-state index contributed by atoms with van der Waals surface area (Å²) in [6.07, 6.45) is 3.31. The first kappa shape index (κ1) is 16.1. The van der Waals surface area contributed by atoms with E-state index in [1.807, 2.05) is 13.0 Å². The van der Waals surface area contributed by atoms with Crippen molar-refractivity contribution >= 4 is 10.0 Å². The van der Waals surface area contributed by atoms with Gasteiger partial charge in [-0.25, -0.2) is 17.5 Å². The minimum absolute atomic E-state index is 0.182. The molecule has 0 saturated carbocycles. The van der Waals surface area contributed by atoms with Gasteiger partial charge in [0.1, 0.15) is 5.82 Å². The van der Waals surface area contributed by atoms with Gasteiger partial charge in [0.25, 0.3) is 0 Å². The van der Waals surface area contributed by atoms with Gasteiger partial charge >= 0.3 is 0 Å². The lowest BCUT2D eigenvalue weighted by Crippen LogP contribution is -2.28. The van der Waals surface area contributed by atoms with Crippen molar-refractivity contribution in [1.29, 1.82) is 0 Å². The number of rotatable bonds is 5. The Morgan fingerprint density at radius 1 is 1.13 bits per heavy atom. The molecule has 3 rings (SSSR count). The molecule has 0 bridgehead atoms. The highest BCUT2D eigenvalue weighted by atomic mass is 32.2. The fourth-order valence-electron chi connectivity index (χ4n) is 3.06. The van der Waals surface area contributed by atoms with Crippen molar-refractivity contribution < 1.29 is 12.8 Å². The van der Waals surface area contributed by atoms with Crippen LogP contribution in [0.4, 0.5) is 4.39 Å². The van der Waals surface area contributed by atoms with Crippen molar-refractivity contribution in [2.45, 2.75) is 38.0 Å². The first-order valence-electron chi connectivity index (χ1n) is 7.80. The van der Waals surface area contributed by atoms with Gasteiger partial charge in [-0.2, -0.15) is 0 Å². The summed E-state index contributed by atoms with van der Waals surface area (Å²) in [5, 5.41) is 0. The summed E-state index contributed by atoms with van der Waals surface area (Å²) in [5.74, 6) is -0.849. The zero-order valence-corrected chi connectivity index (χ0v) is 13.9. The lowest BCUT2D eigenvalue weighted by molar-refractivity contribution is 0.561. The van der Waals surface area contributed by atoms with Gasteiger partial charge in [-0.05, 0) is 48.9 Å². The molecule has 1 aliphatic carbocycles. The van der Waals surface area contributed by atoms with Crippen LogP contribution < -0.4 is 4.72 Å². The normalized spacial score (nSPS) is 15.4. The molecule has 0 saturated heterocycles. The Hall–Kier alpha value is -1.72. The van der Waals surface area contributed by atoms with E-state index in [4.69, 9.17) is 0 Å². The van der Waals surface area contributed by atoms with Gasteiger partial charge < -0.3 is 0 Å². The van der Waals surface area contributed by atoms with Crippen LogP contribution in [0.1, 0.15) is 41.6 Å². The second-order valence-electron chi connectivity index (χ2n) is 6.07. The van der Waals surface area contributed by atoms with Gasteiger partial charge in [-0.15, -0.1) is 0 Å². The highest BCUT2D eigenvalue weighted by molar-refractivity contribution is 7.88. The molecule has 0 amide bonds. The van der Waals surface area contributed by atoms with Crippen molar-refractivity contribution in [2.75, 3.05) is 0 Å². The van der Waals surface area contributed by atoms with E-state index in [1.54, 1.807) is 12.1 Å². The number of halogens is 1. The number of benzene rings is 2. The fourth-order valence-corrected chi connectivity index (χ4v) is 4.46. The van der Waals surface area contributed by atoms with Crippen LogP contribution in [-0.4, -0.2) is 8.42 Å². The molecule has 1 aliphatic rings. The molecule has 0 spiro atoms. The lowest BCUT2D eigenvalue weighted by atomic mass is 10.0. The monoisotopic (exact) mass is 333 g/mol. The number of hydrogen-bond acceptors (Lipinski definition) is 2. The van der Waals surface area contributed by atoms with Crippen LogP contribution in [0.3, 0.4) is 0 Å². The Morgan fingerprint density at radius 2 is 1.87 bits per heavy atom. The molecule has 0 fully saturated rings. The third kappa shape index (κ3) is 3.79. The lowest BCUT2D eigenvalue weighted by Gasteiger charge is -2.16. The van der Waals surface area contributed by atoms with E-state index in [0.29, 0.717) is 0 Å². The molecule has 1 unspecified atom stereocenters. The van der Waals surface area contributed by atoms with E-state index in [1.165, 1.54) is 23.3 Å². The van der Waals surface area contributed by atoms with E-state index in [9.17, 15) is 12.8 Å². The first-order chi connectivity index (χ1) is 10.9. The Balaban J connectivity index is 1.74. The van der Waals surface area contributed by atoms with E-state index in [0.717, 1.165) is 24.8 Å². The van der Waals surface area contributed by atoms with Gasteiger partial charge in [-0.1, -0.05) is 36.4 Å². The molecule has 2 aromatic carbocycles. The van der Waals surface area contributed by atoms with Crippen LogP contribution in [0.5, 0.6) is 0 Å². The summed E-state index contributed by atoms with van der Waals surface area (Å²) in [6.45, 7) is 1.82. The topological polar surface area (TPSA) is 46.2 Å². The van der Waals surface area contributed by atoms with Gasteiger partial charge in [0.15, 0.2) is 0 Å². The van der Waals surface area contributed by atoms with Crippen molar-refractivity contribution in [3.8, 4) is 0 Å². The fraction of sp³-hybridized carbons (Fsp3) is 0.333. The van der Waals surface area contributed by atoms with E-state index < -0.39 is 15.8 Å². The zero-order chi connectivity index (χ0) is 16.4. The minimum Gasteiger partial charge on any atom is -0.212 e. The highest BCUT2D eigenvalue weighted by Gasteiger charge is 2.19. The van der Waals surface area contributed by atoms with Crippen LogP contribution in [0, 0.1) is 5.82 Å². The van der Waals surface area contributed by atoms with E-state index in [-0.39, 0.29) is 17.4 Å². The molecular formula is C18H20FNO2S. The van der Waals surface area contributed by atoms with Crippen molar-refractivity contribution in [1.82, 2.24) is 4.72 Å². The van der Waals surface area contributed by atoms with Gasteiger partial charge in [0.2, 0.25) is 10.0 Å². The number of hydrogen-bond donors (Lipinski definition) is 1. The average molecular weight is 333 g/mol. The smallest absolute Gasteiger partial charge is 0.212 e. The molecule has 0 aliphatic heterocycles. The molecule has 3 nitrogen and oxygen atoms in total. The number of nitrogens with one attached hydrogen (secondary N) is 1. The third-order valence-electron chi connectivity index (χ3n) is 4.28. The summed E-state index contributed by atoms with van der Waals surface area (Å²) in [5.41, 5.74) is 3.79. The maximum absolute atomic E-state index is 13.6. The van der Waals surface area contributed by atoms with Crippen LogP contribution in [0.25, 0.3) is 0 Å². The molecule has 0 aromatic heterocycles. The molecule has 23 heavy (non-hydrogen) atoms. The highest BCUT2D eigenvalue weighted by Crippen LogP contribution is 2.26. The Morgan fingerprint density at radius 3 is 2.65 bits per heavy atom. The molecule has 0 radical (unpaired) electrons. The van der Waals surface area contributed by atoms with Crippen molar-refractivity contribution in [3.05, 3.63) is 70.5 Å². The predicted molar refractivity (Wildman–Crippen MR) is 89.0 cm³/mol. The van der Waals surface area contributed by atoms with Crippen LogP contribution in [0.2, 0.25) is 0 Å². The van der Waals surface area contributed by atoms with Crippen molar-refractivity contribution in [3.63, 3.8) is 0 Å². The Labute approximate surface area is 136 Å². The number of fused-ring (bicyclic) bond motifs is 1. The second-order valence-corrected chi connectivity index (χ2v) is 7.83. The standard InChI is InChI=1S/C18H20FNO2S/c1-13(15-10-9-14-6-4-7-16(14)11-15)20-23(21,22)12-17-5-2-3-8-18(17)19/h2-3,5,8-11,13,20H,4,6-7,12H2,1H3. The number of aryl methyl sites for hydroxylation is 2. The molecule has 1 atom stereocenters. The molecule has 2 aromatic rings. The van der Waals surface area contributed by atoms with E-state index in [2.05, 4.69) is 16.9 Å². The first-order valence-corrected chi connectivity index (χ1v) is 9.45. The molecule has 5 heteroatoms. The second kappa shape index (κ2) is 6.42. The molecule has 122 valence electrons. The largest absolute Gasteiger partial charge is 0.216 e.